The van der Waals surface area contributed by atoms with Gasteiger partial charge in [0.05, 0.1) is 5.51 Å². The maximum Gasteiger partial charge on any atom is 0.157 e. The van der Waals surface area contributed by atoms with Crippen molar-refractivity contribution >= 4 is 27.5 Å². The summed E-state index contributed by atoms with van der Waals surface area (Å²) in [6.45, 7) is 0. The average Bonchev–Trinajstić information content (AvgIpc) is 2.83. The van der Waals surface area contributed by atoms with E-state index in [1.165, 1.54) is 12.8 Å². The number of nitrogens with zero attached hydrogens (tertiary/aromatic N) is 3. The SMILES string of the molecule is c1nc(NC2CC2)c2ncsc2n1. The fraction of sp³-hybridized carbons (Fsp3) is 0.375. The number of nitrogens with one attached hydrogen (secondary N) is 1. The van der Waals surface area contributed by atoms with E-state index < -0.39 is 0 Å². The molecule has 0 amide bonds. The van der Waals surface area contributed by atoms with Crippen molar-refractivity contribution in [2.75, 3.05) is 5.32 Å². The summed E-state index contributed by atoms with van der Waals surface area (Å²) in [6.07, 6.45) is 4.08. The molecule has 0 spiro atoms. The summed E-state index contributed by atoms with van der Waals surface area (Å²) in [5, 5.41) is 3.34. The molecule has 5 heteroatoms. The normalized spacial score (nSPS) is 16.3. The molecule has 1 aliphatic rings. The molecule has 2 aromatic heterocycles. The van der Waals surface area contributed by atoms with Crippen LogP contribution in [0.5, 0.6) is 0 Å². The molecule has 0 radical (unpaired) electrons. The summed E-state index contributed by atoms with van der Waals surface area (Å²) in [7, 11) is 0. The molecule has 3 rings (SSSR count). The first-order chi connectivity index (χ1) is 6.43. The van der Waals surface area contributed by atoms with Gasteiger partial charge in [-0.2, -0.15) is 0 Å². The summed E-state index contributed by atoms with van der Waals surface area (Å²) in [5.41, 5.74) is 2.71. The Bertz CT molecular complexity index is 434. The van der Waals surface area contributed by atoms with Gasteiger partial charge in [0.2, 0.25) is 0 Å². The summed E-state index contributed by atoms with van der Waals surface area (Å²) in [5.74, 6) is 0.883. The monoisotopic (exact) mass is 192 g/mol. The Morgan fingerprint density at radius 2 is 2.23 bits per heavy atom. The standard InChI is InChI=1S/C8H8N4S/c1-2-5(1)12-7-6-8(10-3-9-7)13-4-11-6/h3-5H,1-2H2,(H,9,10,12). The van der Waals surface area contributed by atoms with E-state index in [1.54, 1.807) is 23.2 Å². The van der Waals surface area contributed by atoms with E-state index in [0.29, 0.717) is 6.04 Å². The van der Waals surface area contributed by atoms with Gasteiger partial charge in [-0.25, -0.2) is 15.0 Å². The maximum atomic E-state index is 4.23. The van der Waals surface area contributed by atoms with Crippen molar-refractivity contribution in [3.05, 3.63) is 11.8 Å². The Morgan fingerprint density at radius 3 is 3.08 bits per heavy atom. The molecule has 2 aromatic rings. The van der Waals surface area contributed by atoms with Crippen LogP contribution in [0.4, 0.5) is 5.82 Å². The van der Waals surface area contributed by atoms with Crippen LogP contribution in [0.1, 0.15) is 12.8 Å². The van der Waals surface area contributed by atoms with Gasteiger partial charge < -0.3 is 5.32 Å². The Kier molecular flexibility index (Phi) is 1.46. The number of rotatable bonds is 2. The number of hydrogen-bond acceptors (Lipinski definition) is 5. The van der Waals surface area contributed by atoms with Gasteiger partial charge in [0.25, 0.3) is 0 Å². The molecule has 4 nitrogen and oxygen atoms in total. The quantitative estimate of drug-likeness (QED) is 0.786. The van der Waals surface area contributed by atoms with Crippen LogP contribution in [0.3, 0.4) is 0 Å². The Balaban J connectivity index is 2.09. The Labute approximate surface area is 79.1 Å². The van der Waals surface area contributed by atoms with Gasteiger partial charge in [0.15, 0.2) is 5.82 Å². The lowest BCUT2D eigenvalue weighted by atomic mass is 10.5. The predicted molar refractivity (Wildman–Crippen MR) is 51.9 cm³/mol. The zero-order valence-electron chi connectivity index (χ0n) is 6.90. The molecule has 0 unspecified atom stereocenters. The zero-order chi connectivity index (χ0) is 8.67. The van der Waals surface area contributed by atoms with Crippen molar-refractivity contribution < 1.29 is 0 Å². The lowest BCUT2D eigenvalue weighted by Crippen LogP contribution is -2.03. The van der Waals surface area contributed by atoms with Crippen molar-refractivity contribution in [1.29, 1.82) is 0 Å². The van der Waals surface area contributed by atoms with Gasteiger partial charge in [-0.3, -0.25) is 0 Å². The van der Waals surface area contributed by atoms with E-state index in [-0.39, 0.29) is 0 Å². The molecule has 1 N–H and O–H groups in total. The number of anilines is 1. The minimum Gasteiger partial charge on any atom is -0.365 e. The minimum absolute atomic E-state index is 0.611. The molecule has 0 saturated heterocycles. The minimum atomic E-state index is 0.611. The highest BCUT2D eigenvalue weighted by Gasteiger charge is 2.22. The fourth-order valence-electron chi connectivity index (χ4n) is 1.22. The van der Waals surface area contributed by atoms with Crippen molar-refractivity contribution in [2.24, 2.45) is 0 Å². The molecule has 0 aromatic carbocycles. The third kappa shape index (κ3) is 1.25. The maximum absolute atomic E-state index is 4.23. The zero-order valence-corrected chi connectivity index (χ0v) is 7.71. The highest BCUT2D eigenvalue weighted by atomic mass is 32.1. The highest BCUT2D eigenvalue weighted by Crippen LogP contribution is 2.27. The molecule has 1 fully saturated rings. The van der Waals surface area contributed by atoms with E-state index in [2.05, 4.69) is 20.3 Å². The lowest BCUT2D eigenvalue weighted by Gasteiger charge is -2.01. The Hall–Kier alpha value is -1.23. The highest BCUT2D eigenvalue weighted by molar-refractivity contribution is 7.16. The topological polar surface area (TPSA) is 50.7 Å². The number of fused-ring (bicyclic) bond motifs is 1. The van der Waals surface area contributed by atoms with Crippen LogP contribution in [0.15, 0.2) is 11.8 Å². The van der Waals surface area contributed by atoms with E-state index in [9.17, 15) is 0 Å². The molecular formula is C8H8N4S. The van der Waals surface area contributed by atoms with Gasteiger partial charge in [-0.15, -0.1) is 11.3 Å². The van der Waals surface area contributed by atoms with Crippen molar-refractivity contribution in [2.45, 2.75) is 18.9 Å². The number of hydrogen-bond donors (Lipinski definition) is 1. The first-order valence-corrected chi connectivity index (χ1v) is 5.12. The molecule has 0 atom stereocenters. The summed E-state index contributed by atoms with van der Waals surface area (Å²) < 4.78 is 0. The molecular weight excluding hydrogens is 184 g/mol. The molecule has 66 valence electrons. The van der Waals surface area contributed by atoms with E-state index in [4.69, 9.17) is 0 Å². The third-order valence-electron chi connectivity index (χ3n) is 2.05. The van der Waals surface area contributed by atoms with Crippen LogP contribution in [0.2, 0.25) is 0 Å². The predicted octanol–water partition coefficient (Wildman–Crippen LogP) is 1.66. The van der Waals surface area contributed by atoms with Gasteiger partial charge in [-0.1, -0.05) is 0 Å². The van der Waals surface area contributed by atoms with Gasteiger partial charge >= 0.3 is 0 Å². The van der Waals surface area contributed by atoms with Gasteiger partial charge in [0.1, 0.15) is 16.7 Å². The molecule has 0 bridgehead atoms. The molecule has 1 saturated carbocycles. The van der Waals surface area contributed by atoms with E-state index in [0.717, 1.165) is 16.2 Å². The summed E-state index contributed by atoms with van der Waals surface area (Å²) >= 11 is 1.55. The van der Waals surface area contributed by atoms with Crippen LogP contribution < -0.4 is 5.32 Å². The number of thiazole rings is 1. The second-order valence-corrected chi connectivity index (χ2v) is 3.98. The second-order valence-electron chi connectivity index (χ2n) is 3.15. The second kappa shape index (κ2) is 2.63. The van der Waals surface area contributed by atoms with E-state index >= 15 is 0 Å². The summed E-state index contributed by atoms with van der Waals surface area (Å²) in [4.78, 5) is 13.5. The molecule has 2 heterocycles. The molecule has 13 heavy (non-hydrogen) atoms. The summed E-state index contributed by atoms with van der Waals surface area (Å²) in [6, 6.07) is 0.611. The fourth-order valence-corrected chi connectivity index (χ4v) is 1.85. The third-order valence-corrected chi connectivity index (χ3v) is 2.79. The van der Waals surface area contributed by atoms with Crippen LogP contribution in [-0.4, -0.2) is 21.0 Å². The average molecular weight is 192 g/mol. The van der Waals surface area contributed by atoms with Gasteiger partial charge in [-0.05, 0) is 12.8 Å². The van der Waals surface area contributed by atoms with Crippen LogP contribution in [0, 0.1) is 0 Å². The van der Waals surface area contributed by atoms with Crippen molar-refractivity contribution in [3.63, 3.8) is 0 Å². The molecule has 0 aliphatic heterocycles. The van der Waals surface area contributed by atoms with Crippen LogP contribution in [0.25, 0.3) is 10.3 Å². The largest absolute Gasteiger partial charge is 0.365 e. The molecule has 1 aliphatic carbocycles. The van der Waals surface area contributed by atoms with Crippen molar-refractivity contribution in [1.82, 2.24) is 15.0 Å². The number of aromatic nitrogens is 3. The van der Waals surface area contributed by atoms with Gasteiger partial charge in [0, 0.05) is 6.04 Å². The first kappa shape index (κ1) is 7.20. The van der Waals surface area contributed by atoms with Crippen LogP contribution in [-0.2, 0) is 0 Å². The Morgan fingerprint density at radius 1 is 1.31 bits per heavy atom. The lowest BCUT2D eigenvalue weighted by molar-refractivity contribution is 1.10. The van der Waals surface area contributed by atoms with E-state index in [1.807, 2.05) is 0 Å². The van der Waals surface area contributed by atoms with Crippen LogP contribution >= 0.6 is 11.3 Å². The first-order valence-electron chi connectivity index (χ1n) is 4.24. The van der Waals surface area contributed by atoms with Crippen molar-refractivity contribution in [3.8, 4) is 0 Å². The smallest absolute Gasteiger partial charge is 0.157 e.